The normalized spacial score (nSPS) is 14.9. The lowest BCUT2D eigenvalue weighted by atomic mass is 10.1. The van der Waals surface area contributed by atoms with Crippen LogP contribution in [0.15, 0.2) is 12.2 Å². The first-order valence-electron chi connectivity index (χ1n) is 4.51. The number of ether oxygens (including phenoxy) is 1. The molecule has 0 aromatic carbocycles. The molecule has 2 nitrogen and oxygen atoms in total. The van der Waals surface area contributed by atoms with Crippen molar-refractivity contribution in [2.75, 3.05) is 0 Å². The zero-order valence-electron chi connectivity index (χ0n) is 7.95. The van der Waals surface area contributed by atoms with E-state index in [1.807, 2.05) is 0 Å². The molecule has 1 rings (SSSR count). The van der Waals surface area contributed by atoms with Crippen molar-refractivity contribution in [3.8, 4) is 0 Å². The number of allylic oxidation sites excluding steroid dienone is 2. The molecular formula is C10H18O2. The average Bonchev–Trinajstić information content (AvgIpc) is 2.08. The van der Waals surface area contributed by atoms with Gasteiger partial charge in [-0.2, -0.15) is 0 Å². The minimum atomic E-state index is 0.0301. The summed E-state index contributed by atoms with van der Waals surface area (Å²) < 4.78 is 4.36. The van der Waals surface area contributed by atoms with E-state index in [1.165, 1.54) is 25.7 Å². The fourth-order valence-electron chi connectivity index (χ4n) is 0.871. The van der Waals surface area contributed by atoms with Crippen molar-refractivity contribution in [2.24, 2.45) is 0 Å². The molecule has 0 aromatic rings. The lowest BCUT2D eigenvalue weighted by Crippen LogP contribution is -1.98. The Morgan fingerprint density at radius 2 is 1.75 bits per heavy atom. The molecule has 0 bridgehead atoms. The first-order valence-corrected chi connectivity index (χ1v) is 4.51. The second kappa shape index (κ2) is 8.31. The van der Waals surface area contributed by atoms with Gasteiger partial charge in [0.05, 0.1) is 6.10 Å². The molecule has 0 fully saturated rings. The minimum absolute atomic E-state index is 0.0301. The number of hydrogen-bond donors (Lipinski definition) is 0. The van der Waals surface area contributed by atoms with Gasteiger partial charge in [0.2, 0.25) is 0 Å². The molecule has 0 spiro atoms. The van der Waals surface area contributed by atoms with Crippen LogP contribution >= 0.6 is 0 Å². The van der Waals surface area contributed by atoms with Gasteiger partial charge in [0.25, 0.3) is 6.47 Å². The third-order valence-electron chi connectivity index (χ3n) is 1.49. The van der Waals surface area contributed by atoms with Gasteiger partial charge >= 0.3 is 0 Å². The third kappa shape index (κ3) is 9.21. The largest absolute Gasteiger partial charge is 0.465 e. The highest BCUT2D eigenvalue weighted by molar-refractivity contribution is 5.37. The Balaban J connectivity index is 0.000000202. The van der Waals surface area contributed by atoms with E-state index in [4.69, 9.17) is 0 Å². The van der Waals surface area contributed by atoms with Crippen molar-refractivity contribution in [2.45, 2.75) is 45.6 Å². The van der Waals surface area contributed by atoms with Crippen molar-refractivity contribution in [1.29, 1.82) is 0 Å². The van der Waals surface area contributed by atoms with E-state index in [0.717, 1.165) is 0 Å². The van der Waals surface area contributed by atoms with Gasteiger partial charge in [-0.1, -0.05) is 12.2 Å². The summed E-state index contributed by atoms with van der Waals surface area (Å²) in [6.07, 6.45) is 10.0. The van der Waals surface area contributed by atoms with E-state index in [-0.39, 0.29) is 6.10 Å². The summed E-state index contributed by atoms with van der Waals surface area (Å²) in [4.78, 5) is 9.39. The van der Waals surface area contributed by atoms with Gasteiger partial charge in [0, 0.05) is 0 Å². The molecule has 2 heteroatoms. The number of carbonyl (C=O) groups is 1. The van der Waals surface area contributed by atoms with Crippen LogP contribution < -0.4 is 0 Å². The quantitative estimate of drug-likeness (QED) is 0.470. The molecule has 0 radical (unpaired) electrons. The van der Waals surface area contributed by atoms with E-state index in [0.29, 0.717) is 6.47 Å². The molecule has 0 saturated heterocycles. The maximum absolute atomic E-state index is 9.39. The molecule has 0 aromatic heterocycles. The third-order valence-corrected chi connectivity index (χ3v) is 1.49. The Morgan fingerprint density at radius 1 is 1.25 bits per heavy atom. The standard InChI is InChI=1S/C6H10.C4H8O2/c1-2-4-6-5-3-1;1-4(2)6-3-5/h1-2H,3-6H2;3-4H,1-2H3. The lowest BCUT2D eigenvalue weighted by Gasteiger charge is -1.97. The van der Waals surface area contributed by atoms with Gasteiger partial charge in [-0.05, 0) is 39.5 Å². The van der Waals surface area contributed by atoms with E-state index in [9.17, 15) is 4.79 Å². The second-order valence-electron chi connectivity index (χ2n) is 3.04. The van der Waals surface area contributed by atoms with Crippen LogP contribution in [-0.2, 0) is 9.53 Å². The molecule has 0 amide bonds. The van der Waals surface area contributed by atoms with Crippen molar-refractivity contribution >= 4 is 6.47 Å². The zero-order valence-corrected chi connectivity index (χ0v) is 7.95. The van der Waals surface area contributed by atoms with Crippen LogP contribution in [0.4, 0.5) is 0 Å². The molecule has 0 saturated carbocycles. The van der Waals surface area contributed by atoms with Crippen molar-refractivity contribution in [3.05, 3.63) is 12.2 Å². The summed E-state index contributed by atoms with van der Waals surface area (Å²) in [5.74, 6) is 0. The van der Waals surface area contributed by atoms with E-state index in [1.54, 1.807) is 13.8 Å². The van der Waals surface area contributed by atoms with Crippen LogP contribution in [0.2, 0.25) is 0 Å². The van der Waals surface area contributed by atoms with Gasteiger partial charge in [-0.15, -0.1) is 0 Å². The first-order chi connectivity index (χ1) is 5.77. The van der Waals surface area contributed by atoms with Crippen molar-refractivity contribution in [3.63, 3.8) is 0 Å². The van der Waals surface area contributed by atoms with Crippen molar-refractivity contribution < 1.29 is 9.53 Å². The Kier molecular flexibility index (Phi) is 7.76. The van der Waals surface area contributed by atoms with Crippen LogP contribution in [0, 0.1) is 0 Å². The van der Waals surface area contributed by atoms with Gasteiger partial charge in [0.15, 0.2) is 0 Å². The Bertz CT molecular complexity index is 120. The Labute approximate surface area is 74.6 Å². The minimum Gasteiger partial charge on any atom is -0.465 e. The van der Waals surface area contributed by atoms with Gasteiger partial charge in [0.1, 0.15) is 0 Å². The van der Waals surface area contributed by atoms with Gasteiger partial charge < -0.3 is 4.74 Å². The van der Waals surface area contributed by atoms with Crippen LogP contribution in [0.25, 0.3) is 0 Å². The summed E-state index contributed by atoms with van der Waals surface area (Å²) in [7, 11) is 0. The highest BCUT2D eigenvalue weighted by atomic mass is 16.5. The van der Waals surface area contributed by atoms with Crippen LogP contribution in [0.1, 0.15) is 39.5 Å². The Hall–Kier alpha value is -0.790. The number of hydrogen-bond acceptors (Lipinski definition) is 2. The average molecular weight is 170 g/mol. The van der Waals surface area contributed by atoms with Crippen LogP contribution in [-0.4, -0.2) is 12.6 Å². The highest BCUT2D eigenvalue weighted by Crippen LogP contribution is 2.07. The van der Waals surface area contributed by atoms with Crippen LogP contribution in [0.3, 0.4) is 0 Å². The van der Waals surface area contributed by atoms with E-state index >= 15 is 0 Å². The highest BCUT2D eigenvalue weighted by Gasteiger charge is 1.87. The molecule has 0 aliphatic heterocycles. The molecule has 0 atom stereocenters. The topological polar surface area (TPSA) is 26.3 Å². The summed E-state index contributed by atoms with van der Waals surface area (Å²) in [6, 6.07) is 0. The summed E-state index contributed by atoms with van der Waals surface area (Å²) in [5, 5.41) is 0. The maximum atomic E-state index is 9.39. The fourth-order valence-corrected chi connectivity index (χ4v) is 0.871. The molecule has 1 aliphatic carbocycles. The predicted molar refractivity (Wildman–Crippen MR) is 49.9 cm³/mol. The molecule has 0 unspecified atom stereocenters. The molecule has 1 aliphatic rings. The SMILES string of the molecule is C1=CCCCC1.CC(C)OC=O. The summed E-state index contributed by atoms with van der Waals surface area (Å²) in [5.41, 5.74) is 0. The monoisotopic (exact) mass is 170 g/mol. The first kappa shape index (κ1) is 11.2. The van der Waals surface area contributed by atoms with Gasteiger partial charge in [-0.25, -0.2) is 0 Å². The number of carbonyl (C=O) groups excluding carboxylic acids is 1. The van der Waals surface area contributed by atoms with Crippen molar-refractivity contribution in [1.82, 2.24) is 0 Å². The van der Waals surface area contributed by atoms with E-state index in [2.05, 4.69) is 16.9 Å². The lowest BCUT2D eigenvalue weighted by molar-refractivity contribution is -0.131. The fraction of sp³-hybridized carbons (Fsp3) is 0.700. The zero-order chi connectivity index (χ0) is 9.23. The smallest absolute Gasteiger partial charge is 0.293 e. The van der Waals surface area contributed by atoms with Gasteiger partial charge in [-0.3, -0.25) is 4.79 Å². The summed E-state index contributed by atoms with van der Waals surface area (Å²) >= 11 is 0. The predicted octanol–water partition coefficient (Wildman–Crippen LogP) is 2.68. The molecule has 0 N–H and O–H groups in total. The number of rotatable bonds is 2. The molecule has 0 heterocycles. The maximum Gasteiger partial charge on any atom is 0.293 e. The molecule has 70 valence electrons. The van der Waals surface area contributed by atoms with Crippen LogP contribution in [0.5, 0.6) is 0 Å². The molecule has 12 heavy (non-hydrogen) atoms. The second-order valence-corrected chi connectivity index (χ2v) is 3.04. The molecular weight excluding hydrogens is 152 g/mol. The Morgan fingerprint density at radius 3 is 1.83 bits per heavy atom. The van der Waals surface area contributed by atoms with E-state index < -0.39 is 0 Å². The summed E-state index contributed by atoms with van der Waals surface area (Å²) in [6.45, 7) is 4.05.